The van der Waals surface area contributed by atoms with Gasteiger partial charge in [0.2, 0.25) is 5.91 Å². The smallest absolute Gasteiger partial charge is 0.250 e. The van der Waals surface area contributed by atoms with Gasteiger partial charge in [-0.05, 0) is 5.41 Å². The molecule has 3 aliphatic heterocycles. The number of fused-ring (bicyclic) bond motifs is 2. The van der Waals surface area contributed by atoms with E-state index in [1.807, 2.05) is 7.05 Å². The molecule has 0 saturated carbocycles. The summed E-state index contributed by atoms with van der Waals surface area (Å²) in [7, 11) is 1.86. The van der Waals surface area contributed by atoms with Crippen LogP contribution in [0.15, 0.2) is 12.2 Å². The van der Waals surface area contributed by atoms with Crippen molar-refractivity contribution in [3.05, 3.63) is 12.2 Å². The molecule has 2 atom stereocenters. The third kappa shape index (κ3) is 3.80. The molecule has 2 unspecified atom stereocenters. The quantitative estimate of drug-likeness (QED) is 0.723. The number of likely N-dealkylation sites (N-methyl/N-ethyl adjacent to an activating group) is 1. The van der Waals surface area contributed by atoms with Gasteiger partial charge in [-0.3, -0.25) is 9.69 Å². The molecule has 0 aromatic heterocycles. The van der Waals surface area contributed by atoms with Crippen molar-refractivity contribution < 1.29 is 9.53 Å². The van der Waals surface area contributed by atoms with Crippen LogP contribution in [0.3, 0.4) is 0 Å². The Balaban J connectivity index is 1.80. The largest absolute Gasteiger partial charge is 0.372 e. The molecule has 1 amide bonds. The summed E-state index contributed by atoms with van der Waals surface area (Å²) in [4.78, 5) is 16.3. The van der Waals surface area contributed by atoms with Crippen LogP contribution in [0.5, 0.6) is 0 Å². The molecule has 4 nitrogen and oxygen atoms in total. The van der Waals surface area contributed by atoms with Gasteiger partial charge in [-0.2, -0.15) is 0 Å². The maximum absolute atomic E-state index is 12.3. The summed E-state index contributed by atoms with van der Waals surface area (Å²) in [6, 6.07) is 0. The summed E-state index contributed by atoms with van der Waals surface area (Å²) in [5, 5.41) is 0. The maximum atomic E-state index is 12.3. The lowest BCUT2D eigenvalue weighted by Crippen LogP contribution is -2.57. The zero-order chi connectivity index (χ0) is 14.2. The number of piperidine rings is 1. The van der Waals surface area contributed by atoms with Gasteiger partial charge in [0, 0.05) is 45.2 Å². The number of carbonyl (C=O) groups is 1. The average molecular weight is 266 g/mol. The fourth-order valence-electron chi connectivity index (χ4n) is 2.96. The van der Waals surface area contributed by atoms with Gasteiger partial charge in [0.05, 0.1) is 12.2 Å². The molecule has 0 N–H and O–H groups in total. The van der Waals surface area contributed by atoms with E-state index in [4.69, 9.17) is 4.74 Å². The highest BCUT2D eigenvalue weighted by Crippen LogP contribution is 2.28. The molecule has 0 aromatic carbocycles. The zero-order valence-electron chi connectivity index (χ0n) is 12.6. The second-order valence-electron chi connectivity index (χ2n) is 7.14. The fraction of sp³-hybridized carbons (Fsp3) is 0.800. The Labute approximate surface area is 116 Å². The molecule has 108 valence electrons. The first-order valence-corrected chi connectivity index (χ1v) is 7.05. The first-order valence-electron chi connectivity index (χ1n) is 7.05. The second-order valence-corrected chi connectivity index (χ2v) is 7.14. The minimum atomic E-state index is 0.0649. The SMILES string of the molecule is C=C(CN1CC2CC(C1)O2)C(=O)N(C)CC(C)(C)C. The molecule has 3 rings (SSSR count). The lowest BCUT2D eigenvalue weighted by atomic mass is 9.96. The molecule has 2 bridgehead atoms. The number of hydrogen-bond acceptors (Lipinski definition) is 3. The summed E-state index contributed by atoms with van der Waals surface area (Å²) in [6.45, 7) is 13.7. The van der Waals surface area contributed by atoms with E-state index in [1.54, 1.807) is 4.90 Å². The van der Waals surface area contributed by atoms with Crippen molar-refractivity contribution in [1.29, 1.82) is 0 Å². The molecule has 3 fully saturated rings. The van der Waals surface area contributed by atoms with Crippen LogP contribution < -0.4 is 0 Å². The number of nitrogens with zero attached hydrogens (tertiary/aromatic N) is 2. The molecule has 0 aliphatic carbocycles. The Morgan fingerprint density at radius 2 is 1.89 bits per heavy atom. The van der Waals surface area contributed by atoms with Gasteiger partial charge in [-0.25, -0.2) is 0 Å². The molecule has 0 aromatic rings. The van der Waals surface area contributed by atoms with Crippen LogP contribution >= 0.6 is 0 Å². The standard InChI is InChI=1S/C15H26N2O2/c1-11(14(18)16(5)10-15(2,3)4)7-17-8-12-6-13(9-17)19-12/h12-13H,1,6-10H2,2-5H3. The number of hydrogen-bond donors (Lipinski definition) is 0. The van der Waals surface area contributed by atoms with Gasteiger partial charge in [0.15, 0.2) is 0 Å². The zero-order valence-corrected chi connectivity index (χ0v) is 12.6. The molecule has 4 heteroatoms. The Bertz CT molecular complexity index is 357. The predicted octanol–water partition coefficient (Wildman–Crippen LogP) is 1.52. The van der Waals surface area contributed by atoms with E-state index in [1.165, 1.54) is 6.42 Å². The minimum absolute atomic E-state index is 0.0649. The monoisotopic (exact) mass is 266 g/mol. The van der Waals surface area contributed by atoms with E-state index in [-0.39, 0.29) is 11.3 Å². The Morgan fingerprint density at radius 1 is 1.37 bits per heavy atom. The first-order chi connectivity index (χ1) is 8.74. The van der Waals surface area contributed by atoms with Crippen molar-refractivity contribution in [2.75, 3.05) is 33.2 Å². The average Bonchev–Trinajstić information content (AvgIpc) is 2.24. The van der Waals surface area contributed by atoms with E-state index in [0.717, 1.165) is 19.6 Å². The predicted molar refractivity (Wildman–Crippen MR) is 76.0 cm³/mol. The van der Waals surface area contributed by atoms with E-state index < -0.39 is 0 Å². The Morgan fingerprint density at radius 3 is 2.37 bits per heavy atom. The number of morpholine rings is 1. The van der Waals surface area contributed by atoms with Crippen LogP contribution in [0.4, 0.5) is 0 Å². The Hall–Kier alpha value is -0.870. The molecule has 3 heterocycles. The van der Waals surface area contributed by atoms with Crippen LogP contribution in [-0.2, 0) is 9.53 Å². The fourth-order valence-corrected chi connectivity index (χ4v) is 2.96. The van der Waals surface area contributed by atoms with Crippen molar-refractivity contribution >= 4 is 5.91 Å². The van der Waals surface area contributed by atoms with Gasteiger partial charge in [0.1, 0.15) is 0 Å². The van der Waals surface area contributed by atoms with Crippen molar-refractivity contribution in [1.82, 2.24) is 9.80 Å². The van der Waals surface area contributed by atoms with Crippen molar-refractivity contribution in [3.63, 3.8) is 0 Å². The summed E-state index contributed by atoms with van der Waals surface area (Å²) < 4.78 is 5.59. The second kappa shape index (κ2) is 5.25. The van der Waals surface area contributed by atoms with Gasteiger partial charge in [-0.15, -0.1) is 0 Å². The third-order valence-electron chi connectivity index (χ3n) is 3.61. The lowest BCUT2D eigenvalue weighted by Gasteiger charge is -2.47. The molecule has 0 spiro atoms. The number of ether oxygens (including phenoxy) is 1. The highest BCUT2D eigenvalue weighted by Gasteiger charge is 2.38. The molecular formula is C15H26N2O2. The third-order valence-corrected chi connectivity index (χ3v) is 3.61. The van der Waals surface area contributed by atoms with Crippen LogP contribution in [0.25, 0.3) is 0 Å². The van der Waals surface area contributed by atoms with Gasteiger partial charge < -0.3 is 9.64 Å². The topological polar surface area (TPSA) is 32.8 Å². The maximum Gasteiger partial charge on any atom is 0.250 e. The number of carbonyl (C=O) groups excluding carboxylic acids is 1. The lowest BCUT2D eigenvalue weighted by molar-refractivity contribution is -0.179. The van der Waals surface area contributed by atoms with Crippen LogP contribution in [0.2, 0.25) is 0 Å². The Kier molecular flexibility index (Phi) is 4.02. The normalized spacial score (nSPS) is 26.7. The van der Waals surface area contributed by atoms with E-state index >= 15 is 0 Å². The molecule has 3 saturated heterocycles. The van der Waals surface area contributed by atoms with Crippen molar-refractivity contribution in [2.24, 2.45) is 5.41 Å². The molecular weight excluding hydrogens is 240 g/mol. The summed E-state index contributed by atoms with van der Waals surface area (Å²) in [6.07, 6.45) is 1.95. The van der Waals surface area contributed by atoms with Crippen LogP contribution in [-0.4, -0.2) is 61.1 Å². The number of amides is 1. The summed E-state index contributed by atoms with van der Waals surface area (Å²) in [5.74, 6) is 0.0649. The van der Waals surface area contributed by atoms with Gasteiger partial charge in [-0.1, -0.05) is 27.4 Å². The first kappa shape index (κ1) is 14.5. The summed E-state index contributed by atoms with van der Waals surface area (Å²) >= 11 is 0. The molecule has 0 radical (unpaired) electrons. The summed E-state index contributed by atoms with van der Waals surface area (Å²) in [5.41, 5.74) is 0.804. The molecule has 3 aliphatic rings. The number of rotatable bonds is 4. The van der Waals surface area contributed by atoms with Crippen LogP contribution in [0, 0.1) is 5.41 Å². The van der Waals surface area contributed by atoms with E-state index in [9.17, 15) is 4.79 Å². The van der Waals surface area contributed by atoms with Crippen LogP contribution in [0.1, 0.15) is 27.2 Å². The van der Waals surface area contributed by atoms with Crippen molar-refractivity contribution in [3.8, 4) is 0 Å². The van der Waals surface area contributed by atoms with Crippen molar-refractivity contribution in [2.45, 2.75) is 39.4 Å². The van der Waals surface area contributed by atoms with E-state index in [2.05, 4.69) is 32.3 Å². The van der Waals surface area contributed by atoms with Gasteiger partial charge in [0.25, 0.3) is 0 Å². The minimum Gasteiger partial charge on any atom is -0.372 e. The highest BCUT2D eigenvalue weighted by atomic mass is 16.5. The van der Waals surface area contributed by atoms with Gasteiger partial charge >= 0.3 is 0 Å². The molecule has 19 heavy (non-hydrogen) atoms. The van der Waals surface area contributed by atoms with E-state index in [0.29, 0.717) is 24.3 Å². The highest BCUT2D eigenvalue weighted by molar-refractivity contribution is 5.93.